The van der Waals surface area contributed by atoms with Crippen molar-refractivity contribution in [3.05, 3.63) is 46.5 Å². The normalized spacial score (nSPS) is 22.6. The Hall–Kier alpha value is -2.40. The van der Waals surface area contributed by atoms with Gasteiger partial charge in [-0.1, -0.05) is 11.6 Å². The number of hydrogen-bond donors (Lipinski definition) is 1. The molecule has 1 fully saturated rings. The molecule has 27 heavy (non-hydrogen) atoms. The number of fused-ring (bicyclic) bond motifs is 3. The number of methoxy groups -OCH3 is 1. The molecular weight excluding hydrogens is 364 g/mol. The van der Waals surface area contributed by atoms with Crippen molar-refractivity contribution in [2.24, 2.45) is 0 Å². The number of amides is 1. The van der Waals surface area contributed by atoms with Crippen molar-refractivity contribution >= 4 is 23.4 Å². The van der Waals surface area contributed by atoms with Crippen LogP contribution in [0.15, 0.2) is 30.3 Å². The molecule has 1 N–H and O–H groups in total. The first kappa shape index (κ1) is 16.8. The molecule has 3 aliphatic heterocycles. The highest BCUT2D eigenvalue weighted by atomic mass is 35.5. The van der Waals surface area contributed by atoms with Gasteiger partial charge in [-0.15, -0.1) is 0 Å². The lowest BCUT2D eigenvalue weighted by Gasteiger charge is -2.37. The van der Waals surface area contributed by atoms with Gasteiger partial charge < -0.3 is 19.6 Å². The highest BCUT2D eigenvalue weighted by Gasteiger charge is 2.45. The fourth-order valence-electron chi connectivity index (χ4n) is 5.03. The molecule has 2 aromatic carbocycles. The molecule has 6 heteroatoms. The summed E-state index contributed by atoms with van der Waals surface area (Å²) in [5.74, 6) is 0.978. The predicted molar refractivity (Wildman–Crippen MR) is 105 cm³/mol. The summed E-state index contributed by atoms with van der Waals surface area (Å²) >= 11 is 6.53. The third-order valence-corrected chi connectivity index (χ3v) is 6.57. The molecule has 2 atom stereocenters. The Morgan fingerprint density at radius 1 is 1.26 bits per heavy atom. The molecule has 0 aromatic heterocycles. The molecule has 3 aliphatic rings. The first-order valence-corrected chi connectivity index (χ1v) is 9.70. The van der Waals surface area contributed by atoms with Crippen LogP contribution in [0, 0.1) is 0 Å². The minimum atomic E-state index is -0.819. The number of likely N-dealkylation sites (tertiary alicyclic amines) is 1. The zero-order valence-corrected chi connectivity index (χ0v) is 15.9. The van der Waals surface area contributed by atoms with Crippen LogP contribution < -0.4 is 9.64 Å². The quantitative estimate of drug-likeness (QED) is 0.841. The number of halogens is 1. The molecule has 0 radical (unpaired) electrons. The summed E-state index contributed by atoms with van der Waals surface area (Å²) in [6.45, 7) is 2.21. The van der Waals surface area contributed by atoms with E-state index in [1.807, 2.05) is 18.2 Å². The van der Waals surface area contributed by atoms with Crippen LogP contribution >= 0.6 is 11.6 Å². The first-order chi connectivity index (χ1) is 13.1. The van der Waals surface area contributed by atoms with Crippen molar-refractivity contribution in [1.29, 1.82) is 0 Å². The molecule has 0 aliphatic carbocycles. The van der Waals surface area contributed by atoms with E-state index in [-0.39, 0.29) is 5.92 Å². The maximum Gasteiger partial charge on any atom is 0.407 e. The zero-order chi connectivity index (χ0) is 18.7. The Bertz CT molecular complexity index is 945. The van der Waals surface area contributed by atoms with Gasteiger partial charge in [0.1, 0.15) is 5.75 Å². The zero-order valence-electron chi connectivity index (χ0n) is 15.1. The number of benzene rings is 2. The van der Waals surface area contributed by atoms with Gasteiger partial charge in [0.15, 0.2) is 0 Å². The van der Waals surface area contributed by atoms with Crippen LogP contribution in [0.1, 0.15) is 23.5 Å². The van der Waals surface area contributed by atoms with E-state index >= 15 is 0 Å². The molecule has 0 saturated carbocycles. The van der Waals surface area contributed by atoms with Crippen LogP contribution in [-0.4, -0.2) is 48.9 Å². The number of hydrogen-bond acceptors (Lipinski definition) is 3. The highest BCUT2D eigenvalue weighted by molar-refractivity contribution is 6.33. The third-order valence-electron chi connectivity index (χ3n) is 6.26. The number of carboxylic acid groups (broad SMARTS) is 1. The van der Waals surface area contributed by atoms with Gasteiger partial charge in [0.2, 0.25) is 0 Å². The summed E-state index contributed by atoms with van der Waals surface area (Å²) in [4.78, 5) is 15.6. The maximum absolute atomic E-state index is 11.5. The second-order valence-corrected chi connectivity index (χ2v) is 7.96. The molecule has 1 amide bonds. The van der Waals surface area contributed by atoms with Crippen molar-refractivity contribution in [2.75, 3.05) is 31.6 Å². The van der Waals surface area contributed by atoms with Crippen molar-refractivity contribution in [3.63, 3.8) is 0 Å². The summed E-state index contributed by atoms with van der Waals surface area (Å²) < 4.78 is 5.26. The average molecular weight is 385 g/mol. The minimum Gasteiger partial charge on any atom is -0.497 e. The molecule has 1 saturated heterocycles. The van der Waals surface area contributed by atoms with Crippen molar-refractivity contribution in [2.45, 2.75) is 24.8 Å². The van der Waals surface area contributed by atoms with Crippen molar-refractivity contribution in [3.8, 4) is 16.9 Å². The SMILES string of the molecule is COc1ccc(-c2cc3c4c(c2)[C@@H]2CN(C(=O)O)CC[C@@H]2N4CC3)c(Cl)c1. The van der Waals surface area contributed by atoms with Gasteiger partial charge in [-0.05, 0) is 59.9 Å². The lowest BCUT2D eigenvalue weighted by atomic mass is 9.86. The maximum atomic E-state index is 11.5. The highest BCUT2D eigenvalue weighted by Crippen LogP contribution is 2.51. The summed E-state index contributed by atoms with van der Waals surface area (Å²) in [7, 11) is 1.63. The Kier molecular flexibility index (Phi) is 3.76. The van der Waals surface area contributed by atoms with Gasteiger partial charge in [0.05, 0.1) is 12.1 Å². The molecule has 0 spiro atoms. The van der Waals surface area contributed by atoms with Gasteiger partial charge in [-0.25, -0.2) is 4.79 Å². The van der Waals surface area contributed by atoms with Crippen molar-refractivity contribution in [1.82, 2.24) is 4.90 Å². The van der Waals surface area contributed by atoms with Crippen LogP contribution in [0.4, 0.5) is 10.5 Å². The molecule has 2 aromatic rings. The molecule has 0 unspecified atom stereocenters. The standard InChI is InChI=1S/C21H21ClN2O3/c1-27-14-2-3-15(18(22)10-14)13-8-12-4-7-24-19-5-6-23(21(25)26)11-17(19)16(9-13)20(12)24/h2-3,8-10,17,19H,4-7,11H2,1H3,(H,25,26)/t17-,19-/m0/s1. The average Bonchev–Trinajstić information content (AvgIpc) is 3.23. The molecule has 0 bridgehead atoms. The van der Waals surface area contributed by atoms with E-state index in [1.54, 1.807) is 12.0 Å². The van der Waals surface area contributed by atoms with Crippen molar-refractivity contribution < 1.29 is 14.6 Å². The number of ether oxygens (including phenoxy) is 1. The number of carbonyl (C=O) groups is 1. The largest absolute Gasteiger partial charge is 0.497 e. The van der Waals surface area contributed by atoms with Gasteiger partial charge in [0.25, 0.3) is 0 Å². The fraction of sp³-hybridized carbons (Fsp3) is 0.381. The number of anilines is 1. The number of rotatable bonds is 2. The van der Waals surface area contributed by atoms with E-state index < -0.39 is 6.09 Å². The Morgan fingerprint density at radius 2 is 2.11 bits per heavy atom. The lowest BCUT2D eigenvalue weighted by molar-refractivity contribution is 0.127. The van der Waals surface area contributed by atoms with Gasteiger partial charge in [-0.3, -0.25) is 0 Å². The summed E-state index contributed by atoms with van der Waals surface area (Å²) in [5.41, 5.74) is 6.06. The van der Waals surface area contributed by atoms with Gasteiger partial charge >= 0.3 is 6.09 Å². The van der Waals surface area contributed by atoms with E-state index in [1.165, 1.54) is 16.8 Å². The fourth-order valence-corrected chi connectivity index (χ4v) is 5.31. The van der Waals surface area contributed by atoms with Crippen LogP contribution in [0.25, 0.3) is 11.1 Å². The Morgan fingerprint density at radius 3 is 2.85 bits per heavy atom. The van der Waals surface area contributed by atoms with Gasteiger partial charge in [0, 0.05) is 42.8 Å². The van der Waals surface area contributed by atoms with Crippen LogP contribution in [0.5, 0.6) is 5.75 Å². The smallest absolute Gasteiger partial charge is 0.407 e. The third kappa shape index (κ3) is 2.48. The van der Waals surface area contributed by atoms with E-state index in [4.69, 9.17) is 16.3 Å². The topological polar surface area (TPSA) is 53.0 Å². The summed E-state index contributed by atoms with van der Waals surface area (Å²) in [6.07, 6.45) is 1.11. The molecule has 140 valence electrons. The Labute approximate surface area is 163 Å². The van der Waals surface area contributed by atoms with Crippen LogP contribution in [0.2, 0.25) is 5.02 Å². The minimum absolute atomic E-state index is 0.237. The first-order valence-electron chi connectivity index (χ1n) is 9.32. The second kappa shape index (κ2) is 6.06. The molecule has 5 rings (SSSR count). The lowest BCUT2D eigenvalue weighted by Crippen LogP contribution is -2.47. The van der Waals surface area contributed by atoms with Gasteiger partial charge in [-0.2, -0.15) is 0 Å². The monoisotopic (exact) mass is 384 g/mol. The number of nitrogens with zero attached hydrogens (tertiary/aromatic N) is 2. The molecular formula is C21H21ClN2O3. The van der Waals surface area contributed by atoms with E-state index in [2.05, 4.69) is 17.0 Å². The second-order valence-electron chi connectivity index (χ2n) is 7.55. The predicted octanol–water partition coefficient (Wildman–Crippen LogP) is 4.23. The Balaban J connectivity index is 1.60. The van der Waals surface area contributed by atoms with E-state index in [0.29, 0.717) is 24.2 Å². The van der Waals surface area contributed by atoms with Crippen LogP contribution in [0.3, 0.4) is 0 Å². The summed E-state index contributed by atoms with van der Waals surface area (Å²) in [5, 5.41) is 10.1. The van der Waals surface area contributed by atoms with Crippen LogP contribution in [-0.2, 0) is 6.42 Å². The summed E-state index contributed by atoms with van der Waals surface area (Å²) in [6, 6.07) is 10.7. The molecule has 3 heterocycles. The number of piperidine rings is 1. The van der Waals surface area contributed by atoms with E-state index in [9.17, 15) is 9.90 Å². The molecule has 5 nitrogen and oxygen atoms in total. The van der Waals surface area contributed by atoms with E-state index in [0.717, 1.165) is 36.3 Å².